The summed E-state index contributed by atoms with van der Waals surface area (Å²) in [4.78, 5) is 4.70. The number of benzene rings is 1. The van der Waals surface area contributed by atoms with E-state index in [4.69, 9.17) is 16.3 Å². The molecule has 1 aromatic carbocycles. The summed E-state index contributed by atoms with van der Waals surface area (Å²) in [6.07, 6.45) is -1.01. The number of rotatable bonds is 6. The average molecular weight is 323 g/mol. The summed E-state index contributed by atoms with van der Waals surface area (Å²) in [5, 5.41) is 2.91. The van der Waals surface area contributed by atoms with Crippen LogP contribution in [0.25, 0.3) is 0 Å². The maximum atomic E-state index is 13.2. The van der Waals surface area contributed by atoms with Crippen molar-refractivity contribution in [3.63, 3.8) is 0 Å². The number of anilines is 1. The van der Waals surface area contributed by atoms with Crippen molar-refractivity contribution in [2.24, 2.45) is 0 Å². The van der Waals surface area contributed by atoms with Crippen LogP contribution in [-0.2, 0) is 6.54 Å². The van der Waals surface area contributed by atoms with Crippen molar-refractivity contribution in [3.05, 3.63) is 39.6 Å². The number of hydrogen-bond donors (Lipinski definition) is 1. The summed E-state index contributed by atoms with van der Waals surface area (Å²) in [6.45, 7) is -0.397. The van der Waals surface area contributed by atoms with Crippen molar-refractivity contribution in [2.75, 3.05) is 11.9 Å². The Kier molecular flexibility index (Phi) is 5.08. The maximum absolute atomic E-state index is 13.2. The molecule has 1 aromatic heterocycles. The smallest absolute Gasteiger partial charge is 0.272 e. The standard InChI is InChI=1S/C12H10ClF3N2OS/c13-12-18-5-8(20-12)4-17-9-3-7(14)1-2-10(9)19-6-11(15)16/h1-3,5,11,17H,4,6H2. The van der Waals surface area contributed by atoms with E-state index < -0.39 is 18.8 Å². The van der Waals surface area contributed by atoms with E-state index in [-0.39, 0.29) is 5.75 Å². The van der Waals surface area contributed by atoms with Crippen molar-refractivity contribution in [1.29, 1.82) is 0 Å². The third-order valence-corrected chi connectivity index (χ3v) is 3.40. The zero-order valence-corrected chi connectivity index (χ0v) is 11.6. The first kappa shape index (κ1) is 14.9. The van der Waals surface area contributed by atoms with Crippen LogP contribution in [0.1, 0.15) is 4.88 Å². The van der Waals surface area contributed by atoms with E-state index in [1.807, 2.05) is 0 Å². The van der Waals surface area contributed by atoms with Gasteiger partial charge in [0.1, 0.15) is 18.2 Å². The number of aromatic nitrogens is 1. The predicted octanol–water partition coefficient (Wildman–Crippen LogP) is 4.19. The number of alkyl halides is 2. The summed E-state index contributed by atoms with van der Waals surface area (Å²) >= 11 is 6.97. The fourth-order valence-corrected chi connectivity index (χ4v) is 2.38. The van der Waals surface area contributed by atoms with Gasteiger partial charge in [-0.3, -0.25) is 0 Å². The quantitative estimate of drug-likeness (QED) is 0.866. The zero-order chi connectivity index (χ0) is 14.5. The first-order chi connectivity index (χ1) is 9.54. The molecular formula is C12H10ClF3N2OS. The third kappa shape index (κ3) is 4.28. The normalized spacial score (nSPS) is 10.8. The third-order valence-electron chi connectivity index (χ3n) is 2.28. The molecule has 0 amide bonds. The highest BCUT2D eigenvalue weighted by atomic mass is 35.5. The van der Waals surface area contributed by atoms with Crippen LogP contribution in [0, 0.1) is 5.82 Å². The molecule has 20 heavy (non-hydrogen) atoms. The molecule has 2 aromatic rings. The van der Waals surface area contributed by atoms with E-state index in [2.05, 4.69) is 10.3 Å². The Bertz CT molecular complexity index is 580. The lowest BCUT2D eigenvalue weighted by Crippen LogP contribution is -2.09. The number of nitrogens with one attached hydrogen (secondary N) is 1. The Morgan fingerprint density at radius 1 is 1.40 bits per heavy atom. The van der Waals surface area contributed by atoms with Crippen molar-refractivity contribution < 1.29 is 17.9 Å². The van der Waals surface area contributed by atoms with Crippen LogP contribution in [-0.4, -0.2) is 18.0 Å². The van der Waals surface area contributed by atoms with Crippen LogP contribution < -0.4 is 10.1 Å². The Morgan fingerprint density at radius 3 is 2.85 bits per heavy atom. The van der Waals surface area contributed by atoms with Gasteiger partial charge < -0.3 is 10.1 Å². The molecule has 8 heteroatoms. The van der Waals surface area contributed by atoms with E-state index >= 15 is 0 Å². The van der Waals surface area contributed by atoms with Crippen LogP contribution in [0.3, 0.4) is 0 Å². The Morgan fingerprint density at radius 2 is 2.20 bits per heavy atom. The summed E-state index contributed by atoms with van der Waals surface area (Å²) in [6, 6.07) is 3.64. The van der Waals surface area contributed by atoms with E-state index in [0.717, 1.165) is 10.9 Å². The van der Waals surface area contributed by atoms with Crippen molar-refractivity contribution in [2.45, 2.75) is 13.0 Å². The predicted molar refractivity (Wildman–Crippen MR) is 72.3 cm³/mol. The van der Waals surface area contributed by atoms with Gasteiger partial charge in [0.25, 0.3) is 6.43 Å². The molecule has 0 saturated heterocycles. The van der Waals surface area contributed by atoms with Crippen LogP contribution >= 0.6 is 22.9 Å². The van der Waals surface area contributed by atoms with Gasteiger partial charge in [0.15, 0.2) is 4.47 Å². The molecule has 0 aliphatic heterocycles. The van der Waals surface area contributed by atoms with Gasteiger partial charge in [-0.2, -0.15) is 0 Å². The molecule has 0 saturated carbocycles. The first-order valence-corrected chi connectivity index (χ1v) is 6.78. The molecule has 0 atom stereocenters. The fraction of sp³-hybridized carbons (Fsp3) is 0.250. The number of hydrogen-bond acceptors (Lipinski definition) is 4. The molecular weight excluding hydrogens is 313 g/mol. The number of ether oxygens (including phenoxy) is 1. The minimum Gasteiger partial charge on any atom is -0.485 e. The average Bonchev–Trinajstić information content (AvgIpc) is 2.81. The molecule has 0 aliphatic carbocycles. The van der Waals surface area contributed by atoms with E-state index in [0.29, 0.717) is 16.7 Å². The molecule has 0 bridgehead atoms. The van der Waals surface area contributed by atoms with Crippen molar-refractivity contribution in [3.8, 4) is 5.75 Å². The molecule has 0 aliphatic rings. The topological polar surface area (TPSA) is 34.1 Å². The fourth-order valence-electron chi connectivity index (χ4n) is 1.47. The highest BCUT2D eigenvalue weighted by Gasteiger charge is 2.09. The molecule has 108 valence electrons. The molecule has 0 fully saturated rings. The second-order valence-electron chi connectivity index (χ2n) is 3.78. The zero-order valence-electron chi connectivity index (χ0n) is 10.1. The minimum absolute atomic E-state index is 0.169. The van der Waals surface area contributed by atoms with Gasteiger partial charge >= 0.3 is 0 Å². The summed E-state index contributed by atoms with van der Waals surface area (Å²) in [7, 11) is 0. The molecule has 0 unspecified atom stereocenters. The summed E-state index contributed by atoms with van der Waals surface area (Å²) < 4.78 is 42.8. The Labute approximate surface area is 122 Å². The van der Waals surface area contributed by atoms with Crippen molar-refractivity contribution in [1.82, 2.24) is 4.98 Å². The van der Waals surface area contributed by atoms with Gasteiger partial charge in [-0.1, -0.05) is 11.6 Å². The molecule has 2 rings (SSSR count). The molecule has 1 N–H and O–H groups in total. The monoisotopic (exact) mass is 322 g/mol. The first-order valence-electron chi connectivity index (χ1n) is 5.59. The maximum Gasteiger partial charge on any atom is 0.272 e. The van der Waals surface area contributed by atoms with Crippen LogP contribution in [0.2, 0.25) is 4.47 Å². The highest BCUT2D eigenvalue weighted by Crippen LogP contribution is 2.27. The molecule has 1 heterocycles. The van der Waals surface area contributed by atoms with E-state index in [1.165, 1.54) is 23.5 Å². The van der Waals surface area contributed by atoms with Crippen molar-refractivity contribution >= 4 is 28.6 Å². The number of halogens is 4. The van der Waals surface area contributed by atoms with Crippen LogP contribution in [0.15, 0.2) is 24.4 Å². The molecule has 0 radical (unpaired) electrons. The second-order valence-corrected chi connectivity index (χ2v) is 5.47. The van der Waals surface area contributed by atoms with Crippen LogP contribution in [0.5, 0.6) is 5.75 Å². The number of thiazole rings is 1. The minimum atomic E-state index is -2.59. The van der Waals surface area contributed by atoms with Gasteiger partial charge in [-0.15, -0.1) is 11.3 Å². The SMILES string of the molecule is Fc1ccc(OCC(F)F)c(NCc2cnc(Cl)s2)c1. The molecule has 3 nitrogen and oxygen atoms in total. The lowest BCUT2D eigenvalue weighted by molar-refractivity contribution is 0.0822. The van der Waals surface area contributed by atoms with Gasteiger partial charge in [-0.05, 0) is 12.1 Å². The highest BCUT2D eigenvalue weighted by molar-refractivity contribution is 7.15. The Hall–Kier alpha value is -1.47. The largest absolute Gasteiger partial charge is 0.485 e. The van der Waals surface area contributed by atoms with Crippen LogP contribution in [0.4, 0.5) is 18.9 Å². The van der Waals surface area contributed by atoms with E-state index in [9.17, 15) is 13.2 Å². The number of nitrogens with zero attached hydrogens (tertiary/aromatic N) is 1. The molecule has 0 spiro atoms. The lowest BCUT2D eigenvalue weighted by Gasteiger charge is -2.12. The van der Waals surface area contributed by atoms with Gasteiger partial charge in [0, 0.05) is 17.1 Å². The van der Waals surface area contributed by atoms with Gasteiger partial charge in [0.2, 0.25) is 0 Å². The van der Waals surface area contributed by atoms with E-state index in [1.54, 1.807) is 6.20 Å². The summed E-state index contributed by atoms with van der Waals surface area (Å²) in [5.74, 6) is -0.318. The van der Waals surface area contributed by atoms with Gasteiger partial charge in [0.05, 0.1) is 12.2 Å². The second kappa shape index (κ2) is 6.81. The van der Waals surface area contributed by atoms with Gasteiger partial charge in [-0.25, -0.2) is 18.2 Å². The summed E-state index contributed by atoms with van der Waals surface area (Å²) in [5.41, 5.74) is 0.301. The lowest BCUT2D eigenvalue weighted by atomic mass is 10.2. The Balaban J connectivity index is 2.06.